The Bertz CT molecular complexity index is 1210. The molecule has 31 heavy (non-hydrogen) atoms. The summed E-state index contributed by atoms with van der Waals surface area (Å²) in [5, 5.41) is 2.81. The first kappa shape index (κ1) is 19.7. The van der Waals surface area contributed by atoms with Gasteiger partial charge in [0, 0.05) is 54.4 Å². The van der Waals surface area contributed by atoms with E-state index in [0.29, 0.717) is 23.7 Å². The lowest BCUT2D eigenvalue weighted by atomic mass is 9.77. The normalized spacial score (nSPS) is 18.0. The van der Waals surface area contributed by atoms with Crippen molar-refractivity contribution in [3.63, 3.8) is 0 Å². The summed E-state index contributed by atoms with van der Waals surface area (Å²) >= 11 is 5.63. The Morgan fingerprint density at radius 3 is 2.52 bits per heavy atom. The Morgan fingerprint density at radius 1 is 1.06 bits per heavy atom. The van der Waals surface area contributed by atoms with Crippen molar-refractivity contribution >= 4 is 34.6 Å². The van der Waals surface area contributed by atoms with E-state index in [4.69, 9.17) is 26.8 Å². The van der Waals surface area contributed by atoms with Gasteiger partial charge in [0.25, 0.3) is 0 Å². The highest BCUT2D eigenvalue weighted by Crippen LogP contribution is 2.57. The van der Waals surface area contributed by atoms with Crippen molar-refractivity contribution < 1.29 is 14.3 Å². The number of nitrogens with one attached hydrogen (secondary N) is 1. The molecule has 1 unspecified atom stereocenters. The Hall–Kier alpha value is -3.22. The van der Waals surface area contributed by atoms with Crippen molar-refractivity contribution in [1.29, 1.82) is 0 Å². The average Bonchev–Trinajstić information content (AvgIpc) is 3.12. The molecule has 2 aliphatic rings. The first-order valence-electron chi connectivity index (χ1n) is 9.95. The van der Waals surface area contributed by atoms with E-state index in [0.717, 1.165) is 33.7 Å². The van der Waals surface area contributed by atoms with Gasteiger partial charge in [0.05, 0.1) is 6.61 Å². The van der Waals surface area contributed by atoms with Crippen molar-refractivity contribution in [2.24, 2.45) is 0 Å². The first-order chi connectivity index (χ1) is 14.9. The summed E-state index contributed by atoms with van der Waals surface area (Å²) in [4.78, 5) is 13.7. The molecule has 0 aromatic heterocycles. The fourth-order valence-electron chi connectivity index (χ4n) is 4.38. The molecule has 158 valence electrons. The number of carbonyl (C=O) groups is 1. The number of benzene rings is 3. The van der Waals surface area contributed by atoms with Crippen molar-refractivity contribution in [1.82, 2.24) is 0 Å². The highest BCUT2D eigenvalue weighted by atomic mass is 35.5. The molecule has 3 aromatic carbocycles. The SMILES string of the molecule is CN(C)c1ccc2c(c1)Oc1cc(N)ccc1C21OCc2cc(NC(=O)CCl)ccc21. The molecule has 1 spiro atoms. The van der Waals surface area contributed by atoms with Crippen molar-refractivity contribution in [2.75, 3.05) is 35.9 Å². The third kappa shape index (κ3) is 3.02. The Kier molecular flexibility index (Phi) is 4.57. The third-order valence-electron chi connectivity index (χ3n) is 5.80. The number of nitrogens with two attached hydrogens (primary N) is 1. The third-order valence-corrected chi connectivity index (χ3v) is 6.04. The van der Waals surface area contributed by atoms with Crippen LogP contribution in [0.3, 0.4) is 0 Å². The van der Waals surface area contributed by atoms with Crippen LogP contribution in [0.25, 0.3) is 0 Å². The quantitative estimate of drug-likeness (QED) is 0.470. The summed E-state index contributed by atoms with van der Waals surface area (Å²) in [6.45, 7) is 0.401. The largest absolute Gasteiger partial charge is 0.456 e. The minimum atomic E-state index is -0.814. The Balaban J connectivity index is 1.71. The fourth-order valence-corrected chi connectivity index (χ4v) is 4.45. The fraction of sp³-hybridized carbons (Fsp3) is 0.208. The number of fused-ring (bicyclic) bond motifs is 6. The number of hydrogen-bond donors (Lipinski definition) is 2. The standard InChI is InChI=1S/C24H22ClN3O3/c1-28(2)17-5-8-20-22(11-17)31-21-10-15(26)3-6-19(21)24(20)18-7-4-16(27-23(29)12-25)9-14(18)13-30-24/h3-11H,12-13,26H2,1-2H3,(H,27,29). The van der Waals surface area contributed by atoms with E-state index in [1.54, 1.807) is 0 Å². The summed E-state index contributed by atoms with van der Waals surface area (Å²) in [5.74, 6) is 1.07. The predicted molar refractivity (Wildman–Crippen MR) is 122 cm³/mol. The number of amides is 1. The lowest BCUT2D eigenvalue weighted by Gasteiger charge is -2.37. The van der Waals surface area contributed by atoms with Gasteiger partial charge in [-0.1, -0.05) is 6.07 Å². The zero-order valence-corrected chi connectivity index (χ0v) is 18.0. The van der Waals surface area contributed by atoms with Crippen LogP contribution < -0.4 is 20.7 Å². The van der Waals surface area contributed by atoms with Crippen LogP contribution in [-0.4, -0.2) is 25.9 Å². The first-order valence-corrected chi connectivity index (χ1v) is 10.5. The number of nitrogen functional groups attached to an aromatic ring is 1. The molecule has 1 atom stereocenters. The van der Waals surface area contributed by atoms with Crippen molar-refractivity contribution in [3.05, 3.63) is 76.9 Å². The molecule has 7 heteroatoms. The Morgan fingerprint density at radius 2 is 1.77 bits per heavy atom. The molecule has 5 rings (SSSR count). The molecule has 3 N–H and O–H groups in total. The molecule has 6 nitrogen and oxygen atoms in total. The zero-order chi connectivity index (χ0) is 21.8. The lowest BCUT2D eigenvalue weighted by molar-refractivity contribution is -0.113. The summed E-state index contributed by atoms with van der Waals surface area (Å²) in [7, 11) is 3.98. The van der Waals surface area contributed by atoms with Crippen LogP contribution in [0.5, 0.6) is 11.5 Å². The number of carbonyl (C=O) groups excluding carboxylic acids is 1. The van der Waals surface area contributed by atoms with Crippen LogP contribution in [0.15, 0.2) is 54.6 Å². The topological polar surface area (TPSA) is 76.8 Å². The molecule has 0 saturated carbocycles. The van der Waals surface area contributed by atoms with Gasteiger partial charge in [-0.3, -0.25) is 4.79 Å². The number of ether oxygens (including phenoxy) is 2. The van der Waals surface area contributed by atoms with Gasteiger partial charge < -0.3 is 25.4 Å². The van der Waals surface area contributed by atoms with E-state index in [-0.39, 0.29) is 11.8 Å². The van der Waals surface area contributed by atoms with E-state index < -0.39 is 5.60 Å². The number of rotatable bonds is 3. The van der Waals surface area contributed by atoms with E-state index in [1.807, 2.05) is 61.5 Å². The number of halogens is 1. The maximum absolute atomic E-state index is 11.7. The Labute approximate surface area is 185 Å². The van der Waals surface area contributed by atoms with E-state index in [2.05, 4.69) is 17.4 Å². The van der Waals surface area contributed by atoms with Crippen LogP contribution in [0, 0.1) is 0 Å². The number of nitrogens with zero attached hydrogens (tertiary/aromatic N) is 1. The minimum absolute atomic E-state index is 0.0920. The number of anilines is 3. The second-order valence-electron chi connectivity index (χ2n) is 7.96. The van der Waals surface area contributed by atoms with Crippen molar-refractivity contribution in [3.8, 4) is 11.5 Å². The van der Waals surface area contributed by atoms with E-state index in [1.165, 1.54) is 0 Å². The monoisotopic (exact) mass is 435 g/mol. The van der Waals surface area contributed by atoms with Gasteiger partial charge >= 0.3 is 0 Å². The van der Waals surface area contributed by atoms with Crippen molar-refractivity contribution in [2.45, 2.75) is 12.2 Å². The zero-order valence-electron chi connectivity index (χ0n) is 17.2. The molecule has 2 aliphatic heterocycles. The molecule has 0 bridgehead atoms. The maximum Gasteiger partial charge on any atom is 0.239 e. The molecule has 0 fully saturated rings. The van der Waals surface area contributed by atoms with E-state index >= 15 is 0 Å². The second-order valence-corrected chi connectivity index (χ2v) is 8.22. The molecule has 0 radical (unpaired) electrons. The van der Waals surface area contributed by atoms with Crippen LogP contribution in [0.4, 0.5) is 17.1 Å². The van der Waals surface area contributed by atoms with Gasteiger partial charge in [0.2, 0.25) is 5.91 Å². The smallest absolute Gasteiger partial charge is 0.239 e. The minimum Gasteiger partial charge on any atom is -0.456 e. The maximum atomic E-state index is 11.7. The van der Waals surface area contributed by atoms with Crippen LogP contribution in [0.1, 0.15) is 22.3 Å². The van der Waals surface area contributed by atoms with Gasteiger partial charge in [0.1, 0.15) is 17.4 Å². The molecule has 0 aliphatic carbocycles. The summed E-state index contributed by atoms with van der Waals surface area (Å²) < 4.78 is 12.8. The lowest BCUT2D eigenvalue weighted by Crippen LogP contribution is -2.32. The average molecular weight is 436 g/mol. The van der Waals surface area contributed by atoms with Crippen LogP contribution >= 0.6 is 11.6 Å². The van der Waals surface area contributed by atoms with Gasteiger partial charge in [0.15, 0.2) is 5.60 Å². The number of alkyl halides is 1. The molecular weight excluding hydrogens is 414 g/mol. The predicted octanol–water partition coefficient (Wildman–Crippen LogP) is 4.44. The molecular formula is C24H22ClN3O3. The highest BCUT2D eigenvalue weighted by molar-refractivity contribution is 6.29. The van der Waals surface area contributed by atoms with Crippen LogP contribution in [0.2, 0.25) is 0 Å². The second kappa shape index (κ2) is 7.18. The van der Waals surface area contributed by atoms with Gasteiger partial charge in [-0.25, -0.2) is 0 Å². The van der Waals surface area contributed by atoms with E-state index in [9.17, 15) is 4.79 Å². The van der Waals surface area contributed by atoms with Gasteiger partial charge in [-0.15, -0.1) is 11.6 Å². The van der Waals surface area contributed by atoms with Crippen LogP contribution in [-0.2, 0) is 21.7 Å². The van der Waals surface area contributed by atoms with Gasteiger partial charge in [-0.2, -0.15) is 0 Å². The summed E-state index contributed by atoms with van der Waals surface area (Å²) in [6.07, 6.45) is 0. The molecule has 1 amide bonds. The molecule has 3 aromatic rings. The highest BCUT2D eigenvalue weighted by Gasteiger charge is 2.49. The molecule has 2 heterocycles. The summed E-state index contributed by atoms with van der Waals surface area (Å²) in [6, 6.07) is 17.6. The number of hydrogen-bond acceptors (Lipinski definition) is 5. The van der Waals surface area contributed by atoms with Gasteiger partial charge in [-0.05, 0) is 47.5 Å². The molecule has 0 saturated heterocycles. The summed E-state index contributed by atoms with van der Waals surface area (Å²) in [5.41, 5.74) is 11.5.